The molecule has 0 fully saturated rings. The van der Waals surface area contributed by atoms with Gasteiger partial charge in [0.1, 0.15) is 0 Å². The van der Waals surface area contributed by atoms with Crippen molar-refractivity contribution in [2.75, 3.05) is 33.8 Å². The second kappa shape index (κ2) is 5.98. The first-order valence-electron chi connectivity index (χ1n) is 4.91. The number of aliphatic hydroxyl groups excluding tert-OH is 1. The second-order valence-electron chi connectivity index (χ2n) is 4.53. The first kappa shape index (κ1) is 13.4. The fourth-order valence-corrected chi connectivity index (χ4v) is 1.06. The molecule has 0 aromatic rings. The van der Waals surface area contributed by atoms with Gasteiger partial charge in [-0.1, -0.05) is 13.8 Å². The van der Waals surface area contributed by atoms with Crippen molar-refractivity contribution in [3.8, 4) is 0 Å². The molecule has 0 aliphatic carbocycles. The zero-order chi connectivity index (χ0) is 11.2. The summed E-state index contributed by atoms with van der Waals surface area (Å²) in [6.07, 6.45) is 0.746. The van der Waals surface area contributed by atoms with Crippen LogP contribution >= 0.6 is 0 Å². The van der Waals surface area contributed by atoms with E-state index in [9.17, 15) is 4.79 Å². The smallest absolute Gasteiger partial charge is 0.236 e. The van der Waals surface area contributed by atoms with Crippen LogP contribution in [-0.4, -0.2) is 49.7 Å². The average molecular weight is 202 g/mol. The van der Waals surface area contributed by atoms with Crippen molar-refractivity contribution in [1.29, 1.82) is 0 Å². The molecular weight excluding hydrogens is 180 g/mol. The van der Waals surface area contributed by atoms with E-state index in [1.165, 1.54) is 0 Å². The van der Waals surface area contributed by atoms with Crippen molar-refractivity contribution in [2.24, 2.45) is 5.41 Å². The number of hydrogen-bond donors (Lipinski definition) is 2. The maximum absolute atomic E-state index is 11.2. The lowest BCUT2D eigenvalue weighted by atomic mass is 9.90. The lowest BCUT2D eigenvalue weighted by molar-refractivity contribution is -0.127. The molecular formula is C10H22N2O2. The van der Waals surface area contributed by atoms with Gasteiger partial charge in [-0.3, -0.25) is 4.79 Å². The summed E-state index contributed by atoms with van der Waals surface area (Å²) in [5.74, 6) is 0.0739. The van der Waals surface area contributed by atoms with E-state index in [0.717, 1.165) is 13.0 Å². The van der Waals surface area contributed by atoms with Gasteiger partial charge in [0, 0.05) is 27.2 Å². The Morgan fingerprint density at radius 3 is 2.43 bits per heavy atom. The van der Waals surface area contributed by atoms with Crippen molar-refractivity contribution in [2.45, 2.75) is 20.3 Å². The topological polar surface area (TPSA) is 52.6 Å². The predicted octanol–water partition coefficient (Wildman–Crippen LogP) is 0.0728. The summed E-state index contributed by atoms with van der Waals surface area (Å²) in [5.41, 5.74) is 0.0430. The van der Waals surface area contributed by atoms with Crippen molar-refractivity contribution in [3.05, 3.63) is 0 Å². The van der Waals surface area contributed by atoms with Crippen LogP contribution in [0.3, 0.4) is 0 Å². The van der Waals surface area contributed by atoms with Crippen molar-refractivity contribution < 1.29 is 9.90 Å². The lowest BCUT2D eigenvalue weighted by Crippen LogP contribution is -2.38. The molecule has 0 saturated carbocycles. The van der Waals surface area contributed by atoms with Crippen LogP contribution in [0.4, 0.5) is 0 Å². The van der Waals surface area contributed by atoms with Crippen LogP contribution < -0.4 is 5.32 Å². The van der Waals surface area contributed by atoms with Crippen LogP contribution in [0.1, 0.15) is 20.3 Å². The molecule has 4 nitrogen and oxygen atoms in total. The fraction of sp³-hybridized carbons (Fsp3) is 0.900. The highest BCUT2D eigenvalue weighted by molar-refractivity contribution is 5.77. The number of aliphatic hydroxyl groups is 1. The zero-order valence-electron chi connectivity index (χ0n) is 9.63. The third-order valence-electron chi connectivity index (χ3n) is 2.17. The van der Waals surface area contributed by atoms with Crippen LogP contribution in [0.5, 0.6) is 0 Å². The van der Waals surface area contributed by atoms with Crippen LogP contribution in [-0.2, 0) is 4.79 Å². The summed E-state index contributed by atoms with van der Waals surface area (Å²) in [6, 6.07) is 0. The predicted molar refractivity (Wildman–Crippen MR) is 57.0 cm³/mol. The van der Waals surface area contributed by atoms with E-state index in [2.05, 4.69) is 19.2 Å². The summed E-state index contributed by atoms with van der Waals surface area (Å²) < 4.78 is 0. The maximum atomic E-state index is 11.2. The number of hydrogen-bond acceptors (Lipinski definition) is 3. The Kier molecular flexibility index (Phi) is 5.72. The molecule has 84 valence electrons. The molecule has 14 heavy (non-hydrogen) atoms. The Morgan fingerprint density at radius 1 is 1.43 bits per heavy atom. The molecule has 0 atom stereocenters. The van der Waals surface area contributed by atoms with Gasteiger partial charge in [-0.15, -0.1) is 0 Å². The molecule has 0 bridgehead atoms. The quantitative estimate of drug-likeness (QED) is 0.641. The minimum atomic E-state index is 0.0430. The second-order valence-corrected chi connectivity index (χ2v) is 4.53. The molecule has 2 N–H and O–H groups in total. The Bertz CT molecular complexity index is 179. The molecule has 0 radical (unpaired) electrons. The Labute approximate surface area is 86.3 Å². The molecule has 0 aromatic heterocycles. The first-order chi connectivity index (χ1) is 6.39. The van der Waals surface area contributed by atoms with E-state index in [0.29, 0.717) is 6.54 Å². The number of amides is 1. The van der Waals surface area contributed by atoms with Gasteiger partial charge >= 0.3 is 0 Å². The van der Waals surface area contributed by atoms with Gasteiger partial charge in [-0.05, 0) is 11.8 Å². The molecule has 4 heteroatoms. The van der Waals surface area contributed by atoms with E-state index in [1.54, 1.807) is 19.0 Å². The molecule has 0 saturated heterocycles. The standard InChI is InChI=1S/C10H22N2O2/c1-10(2,5-6-13)8-11-7-9(14)12(3)4/h11,13H,5-8H2,1-4H3. The number of carbonyl (C=O) groups excluding carboxylic acids is 1. The van der Waals surface area contributed by atoms with Crippen LogP contribution in [0.25, 0.3) is 0 Å². The normalized spacial score (nSPS) is 11.5. The van der Waals surface area contributed by atoms with Gasteiger partial charge in [0.2, 0.25) is 5.91 Å². The number of nitrogens with one attached hydrogen (secondary N) is 1. The molecule has 0 heterocycles. The minimum absolute atomic E-state index is 0.0430. The number of rotatable bonds is 6. The summed E-state index contributed by atoms with van der Waals surface area (Å²) in [5, 5.41) is 11.9. The lowest BCUT2D eigenvalue weighted by Gasteiger charge is -2.24. The SMILES string of the molecule is CN(C)C(=O)CNCC(C)(C)CCO. The summed E-state index contributed by atoms with van der Waals surface area (Å²) in [6.45, 7) is 5.43. The monoisotopic (exact) mass is 202 g/mol. The summed E-state index contributed by atoms with van der Waals surface area (Å²) in [7, 11) is 3.48. The van der Waals surface area contributed by atoms with E-state index < -0.39 is 0 Å². The van der Waals surface area contributed by atoms with Crippen molar-refractivity contribution in [3.63, 3.8) is 0 Å². The van der Waals surface area contributed by atoms with E-state index in [4.69, 9.17) is 5.11 Å². The molecule has 0 unspecified atom stereocenters. The van der Waals surface area contributed by atoms with Crippen LogP contribution in [0.2, 0.25) is 0 Å². The Morgan fingerprint density at radius 2 is 2.00 bits per heavy atom. The maximum Gasteiger partial charge on any atom is 0.236 e. The minimum Gasteiger partial charge on any atom is -0.396 e. The Balaban J connectivity index is 3.68. The van der Waals surface area contributed by atoms with Gasteiger partial charge in [0.05, 0.1) is 6.54 Å². The van der Waals surface area contributed by atoms with Gasteiger partial charge < -0.3 is 15.3 Å². The highest BCUT2D eigenvalue weighted by atomic mass is 16.3. The van der Waals surface area contributed by atoms with E-state index in [-0.39, 0.29) is 17.9 Å². The zero-order valence-corrected chi connectivity index (χ0v) is 9.63. The number of likely N-dealkylation sites (N-methyl/N-ethyl adjacent to an activating group) is 1. The van der Waals surface area contributed by atoms with E-state index in [1.807, 2.05) is 0 Å². The van der Waals surface area contributed by atoms with Gasteiger partial charge in [-0.25, -0.2) is 0 Å². The molecule has 0 aliphatic rings. The summed E-state index contributed by atoms with van der Waals surface area (Å²) in [4.78, 5) is 12.8. The number of carbonyl (C=O) groups is 1. The fourth-order valence-electron chi connectivity index (χ4n) is 1.06. The van der Waals surface area contributed by atoms with Gasteiger partial charge in [-0.2, -0.15) is 0 Å². The van der Waals surface area contributed by atoms with Crippen LogP contribution in [0.15, 0.2) is 0 Å². The molecule has 0 rings (SSSR count). The Hall–Kier alpha value is -0.610. The van der Waals surface area contributed by atoms with Gasteiger partial charge in [0.25, 0.3) is 0 Å². The highest BCUT2D eigenvalue weighted by Gasteiger charge is 2.16. The van der Waals surface area contributed by atoms with Gasteiger partial charge in [0.15, 0.2) is 0 Å². The highest BCUT2D eigenvalue weighted by Crippen LogP contribution is 2.17. The van der Waals surface area contributed by atoms with Crippen molar-refractivity contribution in [1.82, 2.24) is 10.2 Å². The largest absolute Gasteiger partial charge is 0.396 e. The molecule has 1 amide bonds. The first-order valence-corrected chi connectivity index (χ1v) is 4.91. The van der Waals surface area contributed by atoms with Crippen molar-refractivity contribution >= 4 is 5.91 Å². The third-order valence-corrected chi connectivity index (χ3v) is 2.17. The molecule has 0 aromatic carbocycles. The molecule has 0 spiro atoms. The summed E-state index contributed by atoms with van der Waals surface area (Å²) >= 11 is 0. The average Bonchev–Trinajstić information content (AvgIpc) is 2.03. The third kappa shape index (κ3) is 5.94. The van der Waals surface area contributed by atoms with Crippen LogP contribution in [0, 0.1) is 5.41 Å². The van der Waals surface area contributed by atoms with E-state index >= 15 is 0 Å². The number of nitrogens with zero attached hydrogens (tertiary/aromatic N) is 1. The molecule has 0 aliphatic heterocycles.